The number of nitrogens with zero attached hydrogens (tertiary/aromatic N) is 1. The van der Waals surface area contributed by atoms with Crippen molar-refractivity contribution in [2.45, 2.75) is 50.6 Å². The van der Waals surface area contributed by atoms with Gasteiger partial charge in [0.1, 0.15) is 0 Å². The predicted molar refractivity (Wildman–Crippen MR) is 76.5 cm³/mol. The maximum Gasteiger partial charge on any atom is 0.243 e. The normalized spacial score (nSPS) is 25.5. The second kappa shape index (κ2) is 5.23. The minimum atomic E-state index is -3.41. The highest BCUT2D eigenvalue weighted by Gasteiger charge is 2.34. The SMILES string of the molecule is Cc1ccc(C)c(S(=O)(=O)N2CCC(N)CC2C)c1. The van der Waals surface area contributed by atoms with E-state index in [9.17, 15) is 8.42 Å². The fourth-order valence-corrected chi connectivity index (χ4v) is 4.62. The van der Waals surface area contributed by atoms with Crippen LogP contribution in [0.4, 0.5) is 0 Å². The Morgan fingerprint density at radius 1 is 1.32 bits per heavy atom. The molecule has 1 aromatic rings. The van der Waals surface area contributed by atoms with Crippen LogP contribution < -0.4 is 5.73 Å². The fourth-order valence-electron chi connectivity index (χ4n) is 2.66. The summed E-state index contributed by atoms with van der Waals surface area (Å²) in [5.74, 6) is 0. The van der Waals surface area contributed by atoms with Crippen molar-refractivity contribution in [3.63, 3.8) is 0 Å². The van der Waals surface area contributed by atoms with E-state index in [1.54, 1.807) is 10.4 Å². The van der Waals surface area contributed by atoms with Gasteiger partial charge in [0.2, 0.25) is 10.0 Å². The van der Waals surface area contributed by atoms with E-state index in [0.29, 0.717) is 11.4 Å². The zero-order chi connectivity index (χ0) is 14.2. The summed E-state index contributed by atoms with van der Waals surface area (Å²) in [5.41, 5.74) is 7.66. The van der Waals surface area contributed by atoms with Gasteiger partial charge in [-0.15, -0.1) is 0 Å². The van der Waals surface area contributed by atoms with Gasteiger partial charge in [0.15, 0.2) is 0 Å². The number of nitrogens with two attached hydrogens (primary N) is 1. The lowest BCUT2D eigenvalue weighted by Gasteiger charge is -2.35. The van der Waals surface area contributed by atoms with Gasteiger partial charge >= 0.3 is 0 Å². The molecule has 1 aromatic carbocycles. The third-order valence-electron chi connectivity index (χ3n) is 3.79. The first-order valence-corrected chi connectivity index (χ1v) is 8.11. The Labute approximate surface area is 115 Å². The number of aryl methyl sites for hydroxylation is 2. The van der Waals surface area contributed by atoms with E-state index in [2.05, 4.69) is 0 Å². The second-order valence-corrected chi connectivity index (χ2v) is 7.38. The minimum Gasteiger partial charge on any atom is -0.328 e. The van der Waals surface area contributed by atoms with Crippen LogP contribution in [0.5, 0.6) is 0 Å². The van der Waals surface area contributed by atoms with Crippen LogP contribution in [-0.4, -0.2) is 31.4 Å². The Morgan fingerprint density at radius 2 is 2.00 bits per heavy atom. The smallest absolute Gasteiger partial charge is 0.243 e. The van der Waals surface area contributed by atoms with E-state index in [4.69, 9.17) is 5.73 Å². The van der Waals surface area contributed by atoms with E-state index in [0.717, 1.165) is 24.0 Å². The molecule has 1 saturated heterocycles. The van der Waals surface area contributed by atoms with Crippen molar-refractivity contribution >= 4 is 10.0 Å². The molecule has 0 aromatic heterocycles. The third-order valence-corrected chi connectivity index (χ3v) is 5.94. The largest absolute Gasteiger partial charge is 0.328 e. The predicted octanol–water partition coefficient (Wildman–Crippen LogP) is 1.80. The van der Waals surface area contributed by atoms with Gasteiger partial charge in [-0.2, -0.15) is 4.31 Å². The van der Waals surface area contributed by atoms with Crippen molar-refractivity contribution in [1.82, 2.24) is 4.31 Å². The van der Waals surface area contributed by atoms with E-state index in [-0.39, 0.29) is 12.1 Å². The first-order valence-electron chi connectivity index (χ1n) is 6.67. The molecule has 2 atom stereocenters. The average Bonchev–Trinajstić information content (AvgIpc) is 2.31. The Kier molecular flexibility index (Phi) is 3.99. The molecule has 0 saturated carbocycles. The lowest BCUT2D eigenvalue weighted by Crippen LogP contribution is -2.48. The quantitative estimate of drug-likeness (QED) is 0.899. The summed E-state index contributed by atoms with van der Waals surface area (Å²) in [5, 5.41) is 0. The van der Waals surface area contributed by atoms with Crippen molar-refractivity contribution in [2.75, 3.05) is 6.54 Å². The average molecular weight is 282 g/mol. The number of hydrogen-bond acceptors (Lipinski definition) is 3. The lowest BCUT2D eigenvalue weighted by atomic mass is 10.0. The molecule has 1 aliphatic rings. The van der Waals surface area contributed by atoms with Gasteiger partial charge in [0.25, 0.3) is 0 Å². The van der Waals surface area contributed by atoms with Gasteiger partial charge in [0, 0.05) is 18.6 Å². The van der Waals surface area contributed by atoms with Crippen molar-refractivity contribution in [1.29, 1.82) is 0 Å². The number of sulfonamides is 1. The molecule has 19 heavy (non-hydrogen) atoms. The molecule has 1 aliphatic heterocycles. The molecule has 4 nitrogen and oxygen atoms in total. The van der Waals surface area contributed by atoms with Gasteiger partial charge in [0.05, 0.1) is 4.90 Å². The highest BCUT2D eigenvalue weighted by atomic mass is 32.2. The second-order valence-electron chi connectivity index (χ2n) is 5.52. The molecule has 0 amide bonds. The summed E-state index contributed by atoms with van der Waals surface area (Å²) >= 11 is 0. The van der Waals surface area contributed by atoms with E-state index in [1.807, 2.05) is 32.9 Å². The molecular formula is C14H22N2O2S. The maximum absolute atomic E-state index is 12.8. The van der Waals surface area contributed by atoms with Crippen molar-refractivity contribution in [3.05, 3.63) is 29.3 Å². The Balaban J connectivity index is 2.39. The molecule has 2 unspecified atom stereocenters. The highest BCUT2D eigenvalue weighted by molar-refractivity contribution is 7.89. The highest BCUT2D eigenvalue weighted by Crippen LogP contribution is 2.27. The number of hydrogen-bond donors (Lipinski definition) is 1. The molecule has 0 spiro atoms. The van der Waals surface area contributed by atoms with E-state index >= 15 is 0 Å². The molecular weight excluding hydrogens is 260 g/mol. The van der Waals surface area contributed by atoms with Crippen LogP contribution in [0.1, 0.15) is 30.9 Å². The van der Waals surface area contributed by atoms with Gasteiger partial charge in [-0.1, -0.05) is 12.1 Å². The molecule has 106 valence electrons. The van der Waals surface area contributed by atoms with Crippen LogP contribution in [0.3, 0.4) is 0 Å². The maximum atomic E-state index is 12.8. The summed E-state index contributed by atoms with van der Waals surface area (Å²) in [6, 6.07) is 5.63. The summed E-state index contributed by atoms with van der Waals surface area (Å²) in [4.78, 5) is 0.426. The third kappa shape index (κ3) is 2.83. The van der Waals surface area contributed by atoms with Crippen molar-refractivity contribution < 1.29 is 8.42 Å². The van der Waals surface area contributed by atoms with Crippen LogP contribution in [-0.2, 0) is 10.0 Å². The lowest BCUT2D eigenvalue weighted by molar-refractivity contribution is 0.247. The van der Waals surface area contributed by atoms with Crippen LogP contribution in [0.2, 0.25) is 0 Å². The molecule has 2 N–H and O–H groups in total. The van der Waals surface area contributed by atoms with E-state index < -0.39 is 10.0 Å². The minimum absolute atomic E-state index is 0.0336. The zero-order valence-electron chi connectivity index (χ0n) is 11.8. The first kappa shape index (κ1) is 14.5. The Morgan fingerprint density at radius 3 is 2.63 bits per heavy atom. The Hall–Kier alpha value is -0.910. The molecule has 2 rings (SSSR count). The molecule has 1 heterocycles. The van der Waals surface area contributed by atoms with Crippen LogP contribution in [0.15, 0.2) is 23.1 Å². The summed E-state index contributed by atoms with van der Waals surface area (Å²) in [7, 11) is -3.41. The number of benzene rings is 1. The van der Waals surface area contributed by atoms with Gasteiger partial charge < -0.3 is 5.73 Å². The van der Waals surface area contributed by atoms with Crippen LogP contribution in [0.25, 0.3) is 0 Å². The van der Waals surface area contributed by atoms with Gasteiger partial charge in [-0.05, 0) is 50.8 Å². The van der Waals surface area contributed by atoms with Crippen molar-refractivity contribution in [3.8, 4) is 0 Å². The first-order chi connectivity index (χ1) is 8.82. The van der Waals surface area contributed by atoms with Gasteiger partial charge in [-0.25, -0.2) is 8.42 Å². The zero-order valence-corrected chi connectivity index (χ0v) is 12.6. The fraction of sp³-hybridized carbons (Fsp3) is 0.571. The topological polar surface area (TPSA) is 63.4 Å². The summed E-state index contributed by atoms with van der Waals surface area (Å²) in [6.45, 7) is 6.19. The molecule has 0 bridgehead atoms. The molecule has 0 aliphatic carbocycles. The standard InChI is InChI=1S/C14H22N2O2S/c1-10-4-5-11(2)14(8-10)19(17,18)16-7-6-13(15)9-12(16)3/h4-5,8,12-13H,6-7,9,15H2,1-3H3. The molecule has 5 heteroatoms. The number of piperidine rings is 1. The number of rotatable bonds is 2. The monoisotopic (exact) mass is 282 g/mol. The molecule has 1 fully saturated rings. The van der Waals surface area contributed by atoms with Crippen LogP contribution in [0, 0.1) is 13.8 Å². The van der Waals surface area contributed by atoms with Crippen LogP contribution >= 0.6 is 0 Å². The molecule has 0 radical (unpaired) electrons. The van der Waals surface area contributed by atoms with E-state index in [1.165, 1.54) is 0 Å². The van der Waals surface area contributed by atoms with Gasteiger partial charge in [-0.3, -0.25) is 0 Å². The van der Waals surface area contributed by atoms with Crippen molar-refractivity contribution in [2.24, 2.45) is 5.73 Å². The summed E-state index contributed by atoms with van der Waals surface area (Å²) < 4.78 is 27.1. The summed E-state index contributed by atoms with van der Waals surface area (Å²) in [6.07, 6.45) is 1.46. The Bertz CT molecular complexity index is 569.